The van der Waals surface area contributed by atoms with E-state index in [0.29, 0.717) is 0 Å². The van der Waals surface area contributed by atoms with Crippen molar-refractivity contribution in [2.24, 2.45) is 0 Å². The lowest BCUT2D eigenvalue weighted by atomic mass is 10.3. The fourth-order valence-electron chi connectivity index (χ4n) is 2.32. The first-order valence-electron chi connectivity index (χ1n) is 6.17. The largest absolute Gasteiger partial charge is 0.207 e. The van der Waals surface area contributed by atoms with E-state index in [1.807, 2.05) is 18.2 Å². The van der Waals surface area contributed by atoms with Gasteiger partial charge in [0.05, 0.1) is 0 Å². The second-order valence-corrected chi connectivity index (χ2v) is 8.10. The molecule has 0 aliphatic rings. The van der Waals surface area contributed by atoms with E-state index < -0.39 is 8.80 Å². The third kappa shape index (κ3) is 2.67. The van der Waals surface area contributed by atoms with Crippen molar-refractivity contribution in [1.82, 2.24) is 0 Å². The fourth-order valence-corrected chi connectivity index (χ4v) is 6.41. The van der Waals surface area contributed by atoms with Gasteiger partial charge in [-0.2, -0.15) is 11.3 Å². The van der Waals surface area contributed by atoms with Crippen molar-refractivity contribution in [3.05, 3.63) is 77.2 Å². The van der Waals surface area contributed by atoms with Gasteiger partial charge in [0.25, 0.3) is 0 Å². The Morgan fingerprint density at radius 2 is 1.42 bits per heavy atom. The van der Waals surface area contributed by atoms with Crippen molar-refractivity contribution in [2.45, 2.75) is 0 Å². The molecular weight excluding hydrogens is 271 g/mol. The molecule has 3 aromatic rings. The maximum Gasteiger partial charge on any atom is 0.134 e. The highest BCUT2D eigenvalue weighted by Gasteiger charge is 2.18. The van der Waals surface area contributed by atoms with Crippen LogP contribution in [0.2, 0.25) is 0 Å². The smallest absolute Gasteiger partial charge is 0.134 e. The molecule has 0 radical (unpaired) electrons. The molecule has 3 heteroatoms. The molecule has 3 rings (SSSR count). The highest BCUT2D eigenvalue weighted by Crippen LogP contribution is 2.00. The molecule has 0 nitrogen and oxygen atoms in total. The number of thiophene rings is 1. The summed E-state index contributed by atoms with van der Waals surface area (Å²) in [4.78, 5) is 0. The molecule has 0 amide bonds. The number of hydrogen-bond donors (Lipinski definition) is 0. The zero-order valence-electron chi connectivity index (χ0n) is 10.3. The number of rotatable bonds is 3. The van der Waals surface area contributed by atoms with Crippen LogP contribution in [0.25, 0.3) is 0 Å². The van der Waals surface area contributed by atoms with E-state index in [-0.39, 0.29) is 5.82 Å². The van der Waals surface area contributed by atoms with Crippen molar-refractivity contribution in [2.75, 3.05) is 0 Å². The van der Waals surface area contributed by atoms with Gasteiger partial charge in [-0.25, -0.2) is 4.39 Å². The lowest BCUT2D eigenvalue weighted by molar-refractivity contribution is 0.628. The number of hydrogen-bond acceptors (Lipinski definition) is 1. The summed E-state index contributed by atoms with van der Waals surface area (Å²) in [6.45, 7) is 0. The highest BCUT2D eigenvalue weighted by atomic mass is 32.1. The van der Waals surface area contributed by atoms with Crippen LogP contribution in [0.5, 0.6) is 0 Å². The molecule has 94 valence electrons. The van der Waals surface area contributed by atoms with Gasteiger partial charge < -0.3 is 0 Å². The fraction of sp³-hybridized carbons (Fsp3) is 0. The highest BCUT2D eigenvalue weighted by molar-refractivity contribution is 7.10. The summed E-state index contributed by atoms with van der Waals surface area (Å²) in [6.07, 6.45) is 0. The van der Waals surface area contributed by atoms with E-state index in [0.717, 1.165) is 0 Å². The van der Waals surface area contributed by atoms with Crippen LogP contribution in [0.1, 0.15) is 0 Å². The normalized spacial score (nSPS) is 12.3. The molecular formula is C16H13FSSi. The van der Waals surface area contributed by atoms with Gasteiger partial charge in [-0.15, -0.1) is 0 Å². The van der Waals surface area contributed by atoms with Gasteiger partial charge in [-0.3, -0.25) is 0 Å². The Kier molecular flexibility index (Phi) is 3.57. The Morgan fingerprint density at radius 3 is 2.05 bits per heavy atom. The molecule has 1 aromatic heterocycles. The first kappa shape index (κ1) is 12.3. The van der Waals surface area contributed by atoms with Crippen LogP contribution >= 0.6 is 11.3 Å². The van der Waals surface area contributed by atoms with Gasteiger partial charge in [0, 0.05) is 0 Å². The van der Waals surface area contributed by atoms with Gasteiger partial charge in [0.15, 0.2) is 0 Å². The molecule has 0 aliphatic carbocycles. The molecule has 0 spiro atoms. The van der Waals surface area contributed by atoms with Crippen molar-refractivity contribution in [3.8, 4) is 0 Å². The Hall–Kier alpha value is -1.71. The van der Waals surface area contributed by atoms with E-state index in [9.17, 15) is 4.39 Å². The van der Waals surface area contributed by atoms with E-state index in [2.05, 4.69) is 41.1 Å². The molecule has 0 N–H and O–H groups in total. The van der Waals surface area contributed by atoms with Crippen molar-refractivity contribution in [3.63, 3.8) is 0 Å². The summed E-state index contributed by atoms with van der Waals surface area (Å²) >= 11 is 1.72. The molecule has 2 aromatic carbocycles. The first-order valence-corrected chi connectivity index (χ1v) is 8.84. The Labute approximate surface area is 117 Å². The van der Waals surface area contributed by atoms with Crippen LogP contribution in [0.3, 0.4) is 0 Å². The molecule has 19 heavy (non-hydrogen) atoms. The first-order chi connectivity index (χ1) is 9.34. The van der Waals surface area contributed by atoms with Crippen molar-refractivity contribution in [1.29, 1.82) is 0 Å². The average Bonchev–Trinajstić information content (AvgIpc) is 2.96. The quantitative estimate of drug-likeness (QED) is 0.647. The lowest BCUT2D eigenvalue weighted by Crippen LogP contribution is -2.51. The molecule has 0 fully saturated rings. The summed E-state index contributed by atoms with van der Waals surface area (Å²) in [7, 11) is -1.44. The number of halogens is 1. The summed E-state index contributed by atoms with van der Waals surface area (Å²) in [5.74, 6) is -0.171. The molecule has 0 aliphatic heterocycles. The van der Waals surface area contributed by atoms with Crippen LogP contribution in [0.15, 0.2) is 71.4 Å². The predicted octanol–water partition coefficient (Wildman–Crippen LogP) is 2.14. The van der Waals surface area contributed by atoms with Crippen LogP contribution < -0.4 is 15.6 Å². The Balaban J connectivity index is 2.10. The summed E-state index contributed by atoms with van der Waals surface area (Å²) in [5.41, 5.74) is 0. The third-order valence-corrected chi connectivity index (χ3v) is 7.28. The van der Waals surface area contributed by atoms with E-state index in [1.165, 1.54) is 15.6 Å². The van der Waals surface area contributed by atoms with Crippen LogP contribution in [0.4, 0.5) is 4.39 Å². The topological polar surface area (TPSA) is 0 Å². The zero-order chi connectivity index (χ0) is 13.1. The maximum absolute atomic E-state index is 13.1. The maximum atomic E-state index is 13.1. The lowest BCUT2D eigenvalue weighted by Gasteiger charge is -2.15. The minimum Gasteiger partial charge on any atom is -0.207 e. The average molecular weight is 284 g/mol. The van der Waals surface area contributed by atoms with E-state index in [1.54, 1.807) is 23.5 Å². The SMILES string of the molecule is Fc1ccc([SiH](c2ccccc2)c2ccsc2)cc1. The minimum absolute atomic E-state index is 0.171. The zero-order valence-corrected chi connectivity index (χ0v) is 12.3. The predicted molar refractivity (Wildman–Crippen MR) is 83.2 cm³/mol. The molecule has 1 unspecified atom stereocenters. The van der Waals surface area contributed by atoms with Gasteiger partial charge in [0.1, 0.15) is 14.6 Å². The van der Waals surface area contributed by atoms with E-state index in [4.69, 9.17) is 0 Å². The molecule has 0 saturated heterocycles. The second-order valence-electron chi connectivity index (χ2n) is 4.45. The Bertz CT molecular complexity index is 632. The van der Waals surface area contributed by atoms with Crippen molar-refractivity contribution >= 4 is 35.7 Å². The van der Waals surface area contributed by atoms with Gasteiger partial charge in [-0.1, -0.05) is 58.9 Å². The molecule has 0 saturated carbocycles. The van der Waals surface area contributed by atoms with Crippen LogP contribution in [0, 0.1) is 5.82 Å². The summed E-state index contributed by atoms with van der Waals surface area (Å²) in [6, 6.07) is 19.7. The van der Waals surface area contributed by atoms with Gasteiger partial charge >= 0.3 is 0 Å². The van der Waals surface area contributed by atoms with Gasteiger partial charge in [-0.05, 0) is 28.1 Å². The molecule has 1 atom stereocenters. The minimum atomic E-state index is -1.44. The summed E-state index contributed by atoms with van der Waals surface area (Å²) in [5, 5.41) is 8.34. The number of benzene rings is 2. The Morgan fingerprint density at radius 1 is 0.737 bits per heavy atom. The monoisotopic (exact) mass is 284 g/mol. The van der Waals surface area contributed by atoms with Crippen LogP contribution in [-0.2, 0) is 0 Å². The molecule has 0 bridgehead atoms. The second kappa shape index (κ2) is 5.51. The van der Waals surface area contributed by atoms with Crippen LogP contribution in [-0.4, -0.2) is 8.80 Å². The van der Waals surface area contributed by atoms with Gasteiger partial charge in [0.2, 0.25) is 0 Å². The summed E-state index contributed by atoms with van der Waals surface area (Å²) < 4.78 is 13.1. The van der Waals surface area contributed by atoms with E-state index >= 15 is 0 Å². The van der Waals surface area contributed by atoms with Crippen molar-refractivity contribution < 1.29 is 4.39 Å². The standard InChI is InChI=1S/C16H13FSSi/c17-13-6-8-15(9-7-13)19(16-10-11-18-12-16)14-4-2-1-3-5-14/h1-12,19H. The third-order valence-electron chi connectivity index (χ3n) is 3.21. The molecule has 1 heterocycles.